The Labute approximate surface area is 307 Å². The molecular formula is C43H39ClN4O4. The molecule has 0 spiro atoms. The zero-order chi connectivity index (χ0) is 36.5. The third-order valence-corrected chi connectivity index (χ3v) is 9.76. The van der Waals surface area contributed by atoms with Gasteiger partial charge in [-0.3, -0.25) is 19.8 Å². The quantitative estimate of drug-likeness (QED) is 0.0703. The van der Waals surface area contributed by atoms with Crippen LogP contribution in [0.4, 0.5) is 0 Å². The highest BCUT2D eigenvalue weighted by Gasteiger charge is 2.47. The highest BCUT2D eigenvalue weighted by Crippen LogP contribution is 2.42. The topological polar surface area (TPSA) is 126 Å². The second-order valence-electron chi connectivity index (χ2n) is 12.7. The second-order valence-corrected chi connectivity index (χ2v) is 13.0. The molecule has 9 heteroatoms. The second kappa shape index (κ2) is 16.5. The van der Waals surface area contributed by atoms with Gasteiger partial charge in [-0.2, -0.15) is 0 Å². The van der Waals surface area contributed by atoms with Gasteiger partial charge in [0.05, 0.1) is 17.5 Å². The van der Waals surface area contributed by atoms with Gasteiger partial charge in [0.15, 0.2) is 0 Å². The van der Waals surface area contributed by atoms with Gasteiger partial charge in [0.1, 0.15) is 11.2 Å². The molecule has 0 aliphatic heterocycles. The number of primary amides is 1. The number of carbonyl (C=O) groups excluding carboxylic acids is 3. The van der Waals surface area contributed by atoms with E-state index in [9.17, 15) is 14.7 Å². The summed E-state index contributed by atoms with van der Waals surface area (Å²) in [6.07, 6.45) is -1.36. The molecule has 8 nitrogen and oxygen atoms in total. The molecule has 262 valence electrons. The van der Waals surface area contributed by atoms with Crippen LogP contribution >= 0.6 is 11.6 Å². The number of pyridine rings is 1. The van der Waals surface area contributed by atoms with Crippen LogP contribution in [0.5, 0.6) is 0 Å². The van der Waals surface area contributed by atoms with E-state index in [1.165, 1.54) is 5.01 Å². The molecule has 1 aromatic heterocycles. The number of aliphatic hydroxyl groups is 1. The van der Waals surface area contributed by atoms with E-state index in [0.717, 1.165) is 10.9 Å². The summed E-state index contributed by atoms with van der Waals surface area (Å²) in [5.41, 5.74) is 11.1. The Morgan fingerprint density at radius 3 is 1.73 bits per heavy atom. The first-order chi connectivity index (χ1) is 25.3. The van der Waals surface area contributed by atoms with E-state index < -0.39 is 47.6 Å². The Kier molecular flexibility index (Phi) is 11.4. The number of hydrazine groups is 1. The highest BCUT2D eigenvalue weighted by molar-refractivity contribution is 6.18. The number of carbonyl (C=O) groups is 3. The third-order valence-electron chi connectivity index (χ3n) is 9.45. The van der Waals surface area contributed by atoms with Crippen molar-refractivity contribution in [1.29, 1.82) is 0 Å². The summed E-state index contributed by atoms with van der Waals surface area (Å²) in [7, 11) is 0. The van der Waals surface area contributed by atoms with Crippen molar-refractivity contribution in [2.45, 2.75) is 24.5 Å². The van der Waals surface area contributed by atoms with Crippen molar-refractivity contribution in [2.75, 3.05) is 5.88 Å². The van der Waals surface area contributed by atoms with Gasteiger partial charge < -0.3 is 10.8 Å². The maximum absolute atomic E-state index is 15.2. The van der Waals surface area contributed by atoms with Crippen LogP contribution < -0.4 is 11.2 Å². The van der Waals surface area contributed by atoms with Crippen LogP contribution in [0.1, 0.15) is 39.2 Å². The number of aliphatic hydroxyl groups excluding tert-OH is 1. The third kappa shape index (κ3) is 7.59. The zero-order valence-electron chi connectivity index (χ0n) is 28.4. The zero-order valence-corrected chi connectivity index (χ0v) is 29.1. The maximum Gasteiger partial charge on any atom is 0.288 e. The van der Waals surface area contributed by atoms with Crippen molar-refractivity contribution < 1.29 is 19.5 Å². The van der Waals surface area contributed by atoms with Gasteiger partial charge in [0.2, 0.25) is 11.8 Å². The average molecular weight is 711 g/mol. The largest absolute Gasteiger partial charge is 0.392 e. The van der Waals surface area contributed by atoms with Gasteiger partial charge in [-0.1, -0.05) is 146 Å². The first kappa shape index (κ1) is 36.0. The number of amides is 3. The molecule has 6 rings (SSSR count). The fraction of sp³-hybridized carbons (Fsp3) is 0.163. The van der Waals surface area contributed by atoms with E-state index in [4.69, 9.17) is 17.3 Å². The van der Waals surface area contributed by atoms with Crippen molar-refractivity contribution in [2.24, 2.45) is 17.6 Å². The summed E-state index contributed by atoms with van der Waals surface area (Å²) in [5.74, 6) is -4.16. The molecule has 1 heterocycles. The van der Waals surface area contributed by atoms with Gasteiger partial charge in [0.25, 0.3) is 5.91 Å². The van der Waals surface area contributed by atoms with Gasteiger partial charge in [-0.05, 0) is 40.8 Å². The summed E-state index contributed by atoms with van der Waals surface area (Å²) < 4.78 is 0. The Bertz CT molecular complexity index is 2020. The molecule has 1 unspecified atom stereocenters. The molecule has 52 heavy (non-hydrogen) atoms. The summed E-state index contributed by atoms with van der Waals surface area (Å²) >= 11 is 6.19. The van der Waals surface area contributed by atoms with Crippen molar-refractivity contribution in [3.05, 3.63) is 186 Å². The molecule has 3 atom stereocenters. The van der Waals surface area contributed by atoms with Crippen molar-refractivity contribution in [1.82, 2.24) is 15.4 Å². The van der Waals surface area contributed by atoms with E-state index in [0.29, 0.717) is 22.2 Å². The molecular weight excluding hydrogens is 672 g/mol. The van der Waals surface area contributed by atoms with Crippen molar-refractivity contribution in [3.63, 3.8) is 0 Å². The normalized spacial score (nSPS) is 13.1. The van der Waals surface area contributed by atoms with Gasteiger partial charge in [-0.25, -0.2) is 9.99 Å². The molecule has 3 amide bonds. The van der Waals surface area contributed by atoms with Crippen LogP contribution in [-0.2, 0) is 21.5 Å². The number of benzene rings is 5. The molecule has 0 radical (unpaired) electrons. The fourth-order valence-electron chi connectivity index (χ4n) is 6.90. The van der Waals surface area contributed by atoms with Crippen LogP contribution in [-0.4, -0.2) is 44.8 Å². The Morgan fingerprint density at radius 2 is 1.21 bits per heavy atom. The smallest absolute Gasteiger partial charge is 0.288 e. The van der Waals surface area contributed by atoms with E-state index in [-0.39, 0.29) is 18.0 Å². The number of aromatic nitrogens is 1. The first-order valence-electron chi connectivity index (χ1n) is 17.1. The van der Waals surface area contributed by atoms with Crippen LogP contribution in [0, 0.1) is 11.8 Å². The summed E-state index contributed by atoms with van der Waals surface area (Å²) in [4.78, 5) is 47.6. The molecule has 5 aromatic carbocycles. The lowest BCUT2D eigenvalue weighted by Gasteiger charge is -2.45. The van der Waals surface area contributed by atoms with Gasteiger partial charge >= 0.3 is 0 Å². The molecule has 6 aromatic rings. The number of hydrogen-bond donors (Lipinski definition) is 3. The van der Waals surface area contributed by atoms with Crippen LogP contribution in [0.3, 0.4) is 0 Å². The molecule has 0 saturated heterocycles. The number of fused-ring (bicyclic) bond motifs is 1. The lowest BCUT2D eigenvalue weighted by atomic mass is 9.75. The number of rotatable bonds is 13. The molecule has 0 fully saturated rings. The van der Waals surface area contributed by atoms with E-state index in [1.54, 1.807) is 12.1 Å². The van der Waals surface area contributed by atoms with Gasteiger partial charge in [0, 0.05) is 23.6 Å². The number of hydrogen-bond acceptors (Lipinski definition) is 5. The molecule has 0 bridgehead atoms. The minimum absolute atomic E-state index is 0.0885. The highest BCUT2D eigenvalue weighted by atomic mass is 35.5. The minimum Gasteiger partial charge on any atom is -0.392 e. The number of para-hydroxylation sites is 1. The standard InChI is InChI=1S/C43H39ClN4O4/c44-29-39(49)35(27-30-15-5-1-6-16-30)36(41(45)51)28-40(50)48(47-42(52)38-26-25-31-17-13-14-24-37(31)46-38)43(32-18-7-2-8-19-32,33-20-9-3-10-21-33)34-22-11-4-12-23-34/h1-26,35-36,39,49H,27-29H2,(H2,45,51)(H,47,52)/t35-,36-,39?/m0/s1. The predicted molar refractivity (Wildman–Crippen MR) is 203 cm³/mol. The number of nitrogens with one attached hydrogen (secondary N) is 1. The Hall–Kier alpha value is -5.83. The maximum atomic E-state index is 15.2. The molecule has 0 aliphatic carbocycles. The van der Waals surface area contributed by atoms with Crippen LogP contribution in [0.15, 0.2) is 158 Å². The summed E-state index contributed by atoms with van der Waals surface area (Å²) in [6, 6.07) is 48.3. The van der Waals surface area contributed by atoms with Crippen LogP contribution in [0.2, 0.25) is 0 Å². The Balaban J connectivity index is 1.53. The monoisotopic (exact) mass is 710 g/mol. The summed E-state index contributed by atoms with van der Waals surface area (Å²) in [6.45, 7) is 0. The van der Waals surface area contributed by atoms with Gasteiger partial charge in [-0.15, -0.1) is 11.6 Å². The first-order valence-corrected chi connectivity index (χ1v) is 17.6. The molecule has 0 saturated carbocycles. The van der Waals surface area contributed by atoms with Crippen LogP contribution in [0.25, 0.3) is 10.9 Å². The predicted octanol–water partition coefficient (Wildman–Crippen LogP) is 6.65. The minimum atomic E-state index is -1.45. The fourth-order valence-corrected chi connectivity index (χ4v) is 7.13. The number of halogens is 1. The van der Waals surface area contributed by atoms with E-state index in [1.807, 2.05) is 146 Å². The number of nitrogens with zero attached hydrogens (tertiary/aromatic N) is 2. The molecule has 0 aliphatic rings. The molecule has 4 N–H and O–H groups in total. The number of alkyl halides is 1. The Morgan fingerprint density at radius 1 is 0.712 bits per heavy atom. The lowest BCUT2D eigenvalue weighted by molar-refractivity contribution is -0.143. The SMILES string of the molecule is NC(=O)[C@@H](CC(=O)N(NC(=O)c1ccc2ccccc2n1)C(c1ccccc1)(c1ccccc1)c1ccccc1)[C@H](Cc1ccccc1)C(O)CCl. The van der Waals surface area contributed by atoms with Crippen molar-refractivity contribution >= 4 is 40.2 Å². The summed E-state index contributed by atoms with van der Waals surface area (Å²) in [5, 5.41) is 13.3. The lowest BCUT2D eigenvalue weighted by Crippen LogP contribution is -2.60. The number of nitrogens with two attached hydrogens (primary N) is 1. The van der Waals surface area contributed by atoms with Crippen molar-refractivity contribution in [3.8, 4) is 0 Å². The average Bonchev–Trinajstić information content (AvgIpc) is 3.20. The van der Waals surface area contributed by atoms with E-state index >= 15 is 4.79 Å². The van der Waals surface area contributed by atoms with E-state index in [2.05, 4.69) is 10.4 Å².